The average molecular weight is 283 g/mol. The Morgan fingerprint density at radius 1 is 1.17 bits per heavy atom. The lowest BCUT2D eigenvalue weighted by Crippen LogP contribution is -2.36. The predicted molar refractivity (Wildman–Crippen MR) is 59.1 cm³/mol. The van der Waals surface area contributed by atoms with Crippen LogP contribution in [0.25, 0.3) is 0 Å². The molecule has 0 spiro atoms. The molecular formula is C7H13N3O7S. The van der Waals surface area contributed by atoms with E-state index >= 15 is 0 Å². The smallest absolute Gasteiger partial charge is 0.422 e. The molecule has 10 nitrogen and oxygen atoms in total. The normalized spacial score (nSPS) is 11.4. The second-order valence-corrected chi connectivity index (χ2v) is 3.85. The molecule has 0 aliphatic rings. The zero-order chi connectivity index (χ0) is 14.2. The average Bonchev–Trinajstić information content (AvgIpc) is 2.27. The second kappa shape index (κ2) is 7.32. The first-order chi connectivity index (χ1) is 8.34. The zero-order valence-corrected chi connectivity index (χ0v) is 10.7. The number of methoxy groups -OCH3 is 2. The Bertz CT molecular complexity index is 430. The lowest BCUT2D eigenvalue weighted by Gasteiger charge is -2.08. The van der Waals surface area contributed by atoms with Gasteiger partial charge in [0.2, 0.25) is 0 Å². The molecule has 0 unspecified atom stereocenters. The van der Waals surface area contributed by atoms with Gasteiger partial charge in [0.1, 0.15) is 0 Å². The number of carbonyl (C=O) groups is 2. The number of hydrogen-bond acceptors (Lipinski definition) is 7. The maximum atomic E-state index is 11.3. The molecule has 0 fully saturated rings. The molecule has 0 heterocycles. The molecule has 0 aliphatic carbocycles. The third-order valence-electron chi connectivity index (χ3n) is 1.28. The quantitative estimate of drug-likeness (QED) is 0.518. The molecule has 0 rings (SSSR count). The van der Waals surface area contributed by atoms with Crippen LogP contribution in [-0.4, -0.2) is 47.5 Å². The first-order valence-electron chi connectivity index (χ1n) is 4.53. The number of amides is 2. The Morgan fingerprint density at radius 3 is 2.17 bits per heavy atom. The van der Waals surface area contributed by atoms with E-state index in [1.54, 1.807) is 0 Å². The lowest BCUT2D eigenvalue weighted by molar-refractivity contribution is 0.173. The van der Waals surface area contributed by atoms with Crippen LogP contribution < -0.4 is 10.0 Å². The summed E-state index contributed by atoms with van der Waals surface area (Å²) in [5.41, 5.74) is 0. The van der Waals surface area contributed by atoms with Crippen LogP contribution in [0.5, 0.6) is 0 Å². The Hall–Kier alpha value is -2.04. The van der Waals surface area contributed by atoms with E-state index in [0.29, 0.717) is 0 Å². The number of hydrogen-bond donors (Lipinski definition) is 2. The molecule has 0 radical (unpaired) electrons. The summed E-state index contributed by atoms with van der Waals surface area (Å²) in [4.78, 5) is 21.6. The minimum absolute atomic E-state index is 0.0383. The van der Waals surface area contributed by atoms with Crippen LogP contribution in [0.3, 0.4) is 0 Å². The fourth-order valence-corrected chi connectivity index (χ4v) is 1.30. The molecule has 0 bridgehead atoms. The van der Waals surface area contributed by atoms with Crippen molar-refractivity contribution in [3.8, 4) is 0 Å². The number of nitrogens with one attached hydrogen (secondary N) is 2. The Balaban J connectivity index is 4.92. The van der Waals surface area contributed by atoms with Crippen LogP contribution in [-0.2, 0) is 24.4 Å². The van der Waals surface area contributed by atoms with Crippen LogP contribution in [0.15, 0.2) is 4.40 Å². The van der Waals surface area contributed by atoms with Crippen LogP contribution >= 0.6 is 0 Å². The van der Waals surface area contributed by atoms with Crippen molar-refractivity contribution in [3.63, 3.8) is 0 Å². The molecular weight excluding hydrogens is 270 g/mol. The van der Waals surface area contributed by atoms with E-state index in [1.165, 1.54) is 11.6 Å². The molecule has 0 atom stereocenters. The summed E-state index contributed by atoms with van der Waals surface area (Å²) in [5.74, 6) is 0. The predicted octanol–water partition coefficient (Wildman–Crippen LogP) is -0.664. The fourth-order valence-electron chi connectivity index (χ4n) is 0.639. The van der Waals surface area contributed by atoms with Gasteiger partial charge in [0.25, 0.3) is 0 Å². The Morgan fingerprint density at radius 2 is 1.72 bits per heavy atom. The molecule has 104 valence electrons. The molecule has 0 saturated carbocycles. The molecule has 2 N–H and O–H groups in total. The number of nitrogens with zero attached hydrogens (tertiary/aromatic N) is 1. The molecule has 2 amide bonds. The van der Waals surface area contributed by atoms with Crippen molar-refractivity contribution >= 4 is 28.4 Å². The van der Waals surface area contributed by atoms with Crippen molar-refractivity contribution < 1.29 is 32.2 Å². The number of alkyl carbamates (subject to hydrolysis) is 1. The van der Waals surface area contributed by atoms with Crippen molar-refractivity contribution in [2.24, 2.45) is 4.40 Å². The minimum atomic E-state index is -4.40. The van der Waals surface area contributed by atoms with Crippen molar-refractivity contribution in [1.82, 2.24) is 10.0 Å². The number of carbonyl (C=O) groups excluding carboxylic acids is 2. The van der Waals surface area contributed by atoms with Gasteiger partial charge >= 0.3 is 28.4 Å². The molecule has 0 aromatic heterocycles. The van der Waals surface area contributed by atoms with E-state index in [-0.39, 0.29) is 6.61 Å². The van der Waals surface area contributed by atoms with E-state index in [0.717, 1.165) is 14.2 Å². The minimum Gasteiger partial charge on any atom is -0.464 e. The number of rotatable bonds is 3. The fraction of sp³-hybridized carbons (Fsp3) is 0.571. The van der Waals surface area contributed by atoms with E-state index < -0.39 is 28.4 Å². The van der Waals surface area contributed by atoms with Gasteiger partial charge in [-0.2, -0.15) is 13.1 Å². The summed E-state index contributed by atoms with van der Waals surface area (Å²) in [7, 11) is -2.35. The number of amidine groups is 1. The van der Waals surface area contributed by atoms with Gasteiger partial charge in [0, 0.05) is 0 Å². The maximum absolute atomic E-state index is 11.3. The standard InChI is InChI=1S/C7H13N3O7S/c1-4-17-5(8-6(11)15-2)9-18(13,14)10-7(12)16-3/h4H2,1-3H3,(H,10,12)(H,8,9,11). The largest absolute Gasteiger partial charge is 0.464 e. The van der Waals surface area contributed by atoms with Crippen LogP contribution in [0.4, 0.5) is 9.59 Å². The highest BCUT2D eigenvalue weighted by Crippen LogP contribution is 1.91. The van der Waals surface area contributed by atoms with Crippen LogP contribution in [0, 0.1) is 0 Å². The highest BCUT2D eigenvalue weighted by atomic mass is 32.2. The van der Waals surface area contributed by atoms with Crippen LogP contribution in [0.1, 0.15) is 6.92 Å². The first kappa shape index (κ1) is 16.0. The van der Waals surface area contributed by atoms with Crippen molar-refractivity contribution in [2.45, 2.75) is 6.92 Å². The number of ether oxygens (including phenoxy) is 3. The monoisotopic (exact) mass is 283 g/mol. The third kappa shape index (κ3) is 6.52. The van der Waals surface area contributed by atoms with Gasteiger partial charge in [-0.05, 0) is 6.92 Å². The zero-order valence-electron chi connectivity index (χ0n) is 9.92. The summed E-state index contributed by atoms with van der Waals surface area (Å²) < 4.78 is 40.1. The highest BCUT2D eigenvalue weighted by molar-refractivity contribution is 7.88. The lowest BCUT2D eigenvalue weighted by atomic mass is 10.8. The summed E-state index contributed by atoms with van der Waals surface area (Å²) in [5, 5.41) is 1.91. The van der Waals surface area contributed by atoms with Gasteiger partial charge in [0.05, 0.1) is 20.8 Å². The molecule has 18 heavy (non-hydrogen) atoms. The van der Waals surface area contributed by atoms with E-state index in [1.807, 2.05) is 5.32 Å². The first-order valence-corrected chi connectivity index (χ1v) is 5.97. The van der Waals surface area contributed by atoms with Crippen molar-refractivity contribution in [3.05, 3.63) is 0 Å². The third-order valence-corrected chi connectivity index (χ3v) is 2.11. The maximum Gasteiger partial charge on any atom is 0.422 e. The van der Waals surface area contributed by atoms with E-state index in [2.05, 4.69) is 13.9 Å². The van der Waals surface area contributed by atoms with Crippen LogP contribution in [0.2, 0.25) is 0 Å². The molecule has 0 saturated heterocycles. The molecule has 0 aromatic rings. The molecule has 0 aliphatic heterocycles. The highest BCUT2D eigenvalue weighted by Gasteiger charge is 2.17. The Kier molecular flexibility index (Phi) is 6.49. The van der Waals surface area contributed by atoms with Gasteiger partial charge < -0.3 is 14.2 Å². The van der Waals surface area contributed by atoms with Gasteiger partial charge in [-0.25, -0.2) is 14.9 Å². The summed E-state index contributed by atoms with van der Waals surface area (Å²) in [6, 6.07) is -0.638. The second-order valence-electron chi connectivity index (χ2n) is 2.51. The summed E-state index contributed by atoms with van der Waals surface area (Å²) >= 11 is 0. The van der Waals surface area contributed by atoms with Gasteiger partial charge in [0.15, 0.2) is 0 Å². The topological polar surface area (TPSA) is 132 Å². The SMILES string of the molecule is CCO/C(=N\S(=O)(=O)NC(=O)OC)NC(=O)OC. The Labute approximate surface area is 103 Å². The molecule has 0 aromatic carbocycles. The van der Waals surface area contributed by atoms with Gasteiger partial charge in [-0.15, -0.1) is 0 Å². The van der Waals surface area contributed by atoms with E-state index in [4.69, 9.17) is 4.74 Å². The van der Waals surface area contributed by atoms with Gasteiger partial charge in [-0.3, -0.25) is 0 Å². The van der Waals surface area contributed by atoms with E-state index in [9.17, 15) is 18.0 Å². The summed E-state index contributed by atoms with van der Waals surface area (Å²) in [6.45, 7) is 1.57. The van der Waals surface area contributed by atoms with Gasteiger partial charge in [-0.1, -0.05) is 4.40 Å². The molecule has 11 heteroatoms. The van der Waals surface area contributed by atoms with Crippen molar-refractivity contribution in [2.75, 3.05) is 20.8 Å². The van der Waals surface area contributed by atoms with Crippen molar-refractivity contribution in [1.29, 1.82) is 0 Å². The summed E-state index contributed by atoms with van der Waals surface area (Å²) in [6.07, 6.45) is -2.21.